The summed E-state index contributed by atoms with van der Waals surface area (Å²) in [6, 6.07) is -0.0697. The summed E-state index contributed by atoms with van der Waals surface area (Å²) in [6.07, 6.45) is 0.274. The third-order valence-electron chi connectivity index (χ3n) is 1.90. The first kappa shape index (κ1) is 15.9. The molecule has 2 N–H and O–H groups in total. The highest BCUT2D eigenvalue weighted by Crippen LogP contribution is 1.98. The van der Waals surface area contributed by atoms with Gasteiger partial charge in [0.15, 0.2) is 0 Å². The molecule has 17 heavy (non-hydrogen) atoms. The van der Waals surface area contributed by atoms with E-state index >= 15 is 0 Å². The number of esters is 1. The average Bonchev–Trinajstić information content (AvgIpc) is 2.12. The van der Waals surface area contributed by atoms with E-state index in [1.165, 1.54) is 0 Å². The smallest absolute Gasteiger partial charge is 0.307 e. The van der Waals surface area contributed by atoms with E-state index in [1.54, 1.807) is 6.92 Å². The zero-order valence-electron chi connectivity index (χ0n) is 11.4. The Kier molecular flexibility index (Phi) is 6.80. The maximum absolute atomic E-state index is 11.5. The third-order valence-corrected chi connectivity index (χ3v) is 1.90. The number of hydrogen-bond acceptors (Lipinski definition) is 4. The molecule has 0 heterocycles. The van der Waals surface area contributed by atoms with Crippen molar-refractivity contribution >= 4 is 11.9 Å². The van der Waals surface area contributed by atoms with E-state index in [0.717, 1.165) is 0 Å². The summed E-state index contributed by atoms with van der Waals surface area (Å²) in [7, 11) is 0. The SMILES string of the molecule is CCOC(=O)CC(C)NCC(=O)NC(C)(C)C. The molecule has 1 unspecified atom stereocenters. The van der Waals surface area contributed by atoms with Gasteiger partial charge in [-0.05, 0) is 34.6 Å². The molecule has 0 aliphatic carbocycles. The maximum atomic E-state index is 11.5. The number of carbonyl (C=O) groups excluding carboxylic acids is 2. The number of carbonyl (C=O) groups is 2. The minimum Gasteiger partial charge on any atom is -0.466 e. The zero-order valence-corrected chi connectivity index (χ0v) is 11.4. The van der Waals surface area contributed by atoms with Gasteiger partial charge in [0, 0.05) is 11.6 Å². The number of nitrogens with one attached hydrogen (secondary N) is 2. The molecule has 100 valence electrons. The Labute approximate surface area is 103 Å². The van der Waals surface area contributed by atoms with Crippen molar-refractivity contribution in [2.45, 2.75) is 52.6 Å². The molecule has 0 radical (unpaired) electrons. The first-order chi connectivity index (χ1) is 7.74. The lowest BCUT2D eigenvalue weighted by molar-refractivity contribution is -0.143. The fourth-order valence-electron chi connectivity index (χ4n) is 1.27. The van der Waals surface area contributed by atoms with Gasteiger partial charge in [-0.1, -0.05) is 0 Å². The van der Waals surface area contributed by atoms with E-state index in [2.05, 4.69) is 10.6 Å². The summed E-state index contributed by atoms with van der Waals surface area (Å²) in [5.74, 6) is -0.322. The highest BCUT2D eigenvalue weighted by molar-refractivity contribution is 5.78. The van der Waals surface area contributed by atoms with Crippen LogP contribution < -0.4 is 10.6 Å². The van der Waals surface area contributed by atoms with Gasteiger partial charge in [-0.2, -0.15) is 0 Å². The Morgan fingerprint density at radius 3 is 2.35 bits per heavy atom. The molecule has 5 nitrogen and oxygen atoms in total. The molecule has 0 spiro atoms. The van der Waals surface area contributed by atoms with Crippen molar-refractivity contribution in [1.82, 2.24) is 10.6 Å². The fraction of sp³-hybridized carbons (Fsp3) is 0.833. The predicted molar refractivity (Wildman–Crippen MR) is 66.6 cm³/mol. The lowest BCUT2D eigenvalue weighted by Crippen LogP contribution is -2.46. The first-order valence-corrected chi connectivity index (χ1v) is 5.94. The van der Waals surface area contributed by atoms with Crippen LogP contribution in [0.3, 0.4) is 0 Å². The molecule has 0 saturated carbocycles. The summed E-state index contributed by atoms with van der Waals surface area (Å²) < 4.78 is 4.82. The van der Waals surface area contributed by atoms with Crippen molar-refractivity contribution in [3.05, 3.63) is 0 Å². The van der Waals surface area contributed by atoms with Crippen LogP contribution >= 0.6 is 0 Å². The lowest BCUT2D eigenvalue weighted by Gasteiger charge is -2.21. The fourth-order valence-corrected chi connectivity index (χ4v) is 1.27. The van der Waals surface area contributed by atoms with Crippen LogP contribution in [0.4, 0.5) is 0 Å². The lowest BCUT2D eigenvalue weighted by atomic mass is 10.1. The topological polar surface area (TPSA) is 67.4 Å². The molecule has 1 atom stereocenters. The van der Waals surface area contributed by atoms with Gasteiger partial charge < -0.3 is 15.4 Å². The van der Waals surface area contributed by atoms with E-state index in [4.69, 9.17) is 4.74 Å². The molecule has 0 saturated heterocycles. The Balaban J connectivity index is 3.80. The summed E-state index contributed by atoms with van der Waals surface area (Å²) in [6.45, 7) is 9.98. The maximum Gasteiger partial charge on any atom is 0.307 e. The summed E-state index contributed by atoms with van der Waals surface area (Å²) in [4.78, 5) is 22.6. The van der Waals surface area contributed by atoms with Crippen LogP contribution in [0.5, 0.6) is 0 Å². The van der Waals surface area contributed by atoms with E-state index in [1.807, 2.05) is 27.7 Å². The Morgan fingerprint density at radius 1 is 1.29 bits per heavy atom. The van der Waals surface area contributed by atoms with Gasteiger partial charge in [0.05, 0.1) is 19.6 Å². The standard InChI is InChI=1S/C12H24N2O3/c1-6-17-11(16)7-9(2)13-8-10(15)14-12(3,4)5/h9,13H,6-8H2,1-5H3,(H,14,15). The minimum absolute atomic E-state index is 0.0697. The molecule has 0 fully saturated rings. The molecule has 0 rings (SSSR count). The average molecular weight is 244 g/mol. The minimum atomic E-state index is -0.247. The van der Waals surface area contributed by atoms with E-state index in [-0.39, 0.29) is 36.4 Å². The largest absolute Gasteiger partial charge is 0.466 e. The highest BCUT2D eigenvalue weighted by atomic mass is 16.5. The molecular formula is C12H24N2O3. The molecule has 0 aromatic heterocycles. The van der Waals surface area contributed by atoms with Crippen LogP contribution in [0.2, 0.25) is 0 Å². The summed E-state index contributed by atoms with van der Waals surface area (Å²) >= 11 is 0. The number of amides is 1. The normalized spacial score (nSPS) is 13.0. The predicted octanol–water partition coefficient (Wildman–Crippen LogP) is 0.832. The number of ether oxygens (including phenoxy) is 1. The van der Waals surface area contributed by atoms with Crippen molar-refractivity contribution in [1.29, 1.82) is 0 Å². The number of rotatable bonds is 6. The summed E-state index contributed by atoms with van der Waals surface area (Å²) in [5, 5.41) is 5.82. The molecule has 0 aliphatic rings. The van der Waals surface area contributed by atoms with Crippen molar-refractivity contribution in [3.63, 3.8) is 0 Å². The van der Waals surface area contributed by atoms with Crippen molar-refractivity contribution in [2.75, 3.05) is 13.2 Å². The van der Waals surface area contributed by atoms with Gasteiger partial charge in [-0.25, -0.2) is 0 Å². The third kappa shape index (κ3) is 9.81. The molecule has 0 aromatic rings. The van der Waals surface area contributed by atoms with Gasteiger partial charge in [-0.3, -0.25) is 9.59 Å². The number of hydrogen-bond donors (Lipinski definition) is 2. The molecule has 0 aromatic carbocycles. The summed E-state index contributed by atoms with van der Waals surface area (Å²) in [5.41, 5.74) is -0.233. The van der Waals surface area contributed by atoms with Crippen LogP contribution in [-0.4, -0.2) is 36.6 Å². The molecular weight excluding hydrogens is 220 g/mol. The second kappa shape index (κ2) is 7.27. The van der Waals surface area contributed by atoms with Crippen molar-refractivity contribution < 1.29 is 14.3 Å². The van der Waals surface area contributed by atoms with E-state index in [0.29, 0.717) is 6.61 Å². The van der Waals surface area contributed by atoms with Crippen LogP contribution in [-0.2, 0) is 14.3 Å². The van der Waals surface area contributed by atoms with Gasteiger partial charge in [0.1, 0.15) is 0 Å². The van der Waals surface area contributed by atoms with Crippen LogP contribution in [0.15, 0.2) is 0 Å². The Hall–Kier alpha value is -1.10. The zero-order chi connectivity index (χ0) is 13.5. The second-order valence-corrected chi connectivity index (χ2v) is 5.09. The monoisotopic (exact) mass is 244 g/mol. The van der Waals surface area contributed by atoms with Gasteiger partial charge in [0.25, 0.3) is 0 Å². The first-order valence-electron chi connectivity index (χ1n) is 5.94. The Bertz CT molecular complexity index is 259. The van der Waals surface area contributed by atoms with Crippen LogP contribution in [0.25, 0.3) is 0 Å². The van der Waals surface area contributed by atoms with Crippen LogP contribution in [0.1, 0.15) is 41.0 Å². The molecule has 0 bridgehead atoms. The van der Waals surface area contributed by atoms with E-state index in [9.17, 15) is 9.59 Å². The Morgan fingerprint density at radius 2 is 1.88 bits per heavy atom. The van der Waals surface area contributed by atoms with Crippen LogP contribution in [0, 0.1) is 0 Å². The van der Waals surface area contributed by atoms with Gasteiger partial charge in [0.2, 0.25) is 5.91 Å². The van der Waals surface area contributed by atoms with Gasteiger partial charge >= 0.3 is 5.97 Å². The second-order valence-electron chi connectivity index (χ2n) is 5.09. The molecule has 5 heteroatoms. The molecule has 1 amide bonds. The molecule has 0 aliphatic heterocycles. The highest BCUT2D eigenvalue weighted by Gasteiger charge is 2.15. The van der Waals surface area contributed by atoms with Crippen molar-refractivity contribution in [2.24, 2.45) is 0 Å². The van der Waals surface area contributed by atoms with Gasteiger partial charge in [-0.15, -0.1) is 0 Å². The van der Waals surface area contributed by atoms with Crippen molar-refractivity contribution in [3.8, 4) is 0 Å². The van der Waals surface area contributed by atoms with E-state index < -0.39 is 0 Å². The quantitative estimate of drug-likeness (QED) is 0.679.